The van der Waals surface area contributed by atoms with Crippen molar-refractivity contribution in [1.29, 1.82) is 0 Å². The molecule has 2 fully saturated rings. The number of benzene rings is 1. The number of amides is 2. The molecule has 21 heavy (non-hydrogen) atoms. The van der Waals surface area contributed by atoms with Crippen LogP contribution in [0.3, 0.4) is 0 Å². The molecule has 3 rings (SSSR count). The van der Waals surface area contributed by atoms with E-state index in [4.69, 9.17) is 5.73 Å². The van der Waals surface area contributed by atoms with E-state index in [1.165, 1.54) is 11.3 Å². The Labute approximate surface area is 125 Å². The Balaban J connectivity index is 1.86. The van der Waals surface area contributed by atoms with Gasteiger partial charge in [0.15, 0.2) is 0 Å². The number of imide groups is 1. The van der Waals surface area contributed by atoms with Gasteiger partial charge in [0.25, 0.3) is 0 Å². The minimum Gasteiger partial charge on any atom is -0.399 e. The van der Waals surface area contributed by atoms with Crippen molar-refractivity contribution < 1.29 is 9.59 Å². The van der Waals surface area contributed by atoms with Crippen molar-refractivity contribution in [3.05, 3.63) is 29.8 Å². The fraction of sp³-hybridized carbons (Fsp3) is 0.529. The van der Waals surface area contributed by atoms with Gasteiger partial charge in [-0.1, -0.05) is 31.4 Å². The van der Waals surface area contributed by atoms with Crippen molar-refractivity contribution in [3.63, 3.8) is 0 Å². The standard InChI is InChI=1S/C17H22N2O2/c1-12(13-5-7-14(18)8-6-13)19-15(20)11-17(16(19)21)9-3-2-4-10-17/h5-8,12H,2-4,9-11,18H2,1H3. The van der Waals surface area contributed by atoms with E-state index in [-0.39, 0.29) is 17.9 Å². The molecule has 1 aromatic rings. The molecule has 1 saturated heterocycles. The summed E-state index contributed by atoms with van der Waals surface area (Å²) in [6, 6.07) is 7.20. The summed E-state index contributed by atoms with van der Waals surface area (Å²) in [5.74, 6) is 0.0164. The van der Waals surface area contributed by atoms with Gasteiger partial charge in [0.1, 0.15) is 0 Å². The van der Waals surface area contributed by atoms with Crippen molar-refractivity contribution in [3.8, 4) is 0 Å². The Kier molecular flexibility index (Phi) is 3.47. The maximum absolute atomic E-state index is 12.9. The number of hydrogen-bond acceptors (Lipinski definition) is 3. The molecule has 1 heterocycles. The Morgan fingerprint density at radius 1 is 1.10 bits per heavy atom. The van der Waals surface area contributed by atoms with E-state index in [1.807, 2.05) is 31.2 Å². The molecule has 1 unspecified atom stereocenters. The number of hydrogen-bond donors (Lipinski definition) is 1. The summed E-state index contributed by atoms with van der Waals surface area (Å²) in [5, 5.41) is 0. The zero-order chi connectivity index (χ0) is 15.0. The summed E-state index contributed by atoms with van der Waals surface area (Å²) >= 11 is 0. The average molecular weight is 286 g/mol. The van der Waals surface area contributed by atoms with Crippen molar-refractivity contribution >= 4 is 17.5 Å². The Hall–Kier alpha value is -1.84. The van der Waals surface area contributed by atoms with Crippen molar-refractivity contribution in [2.45, 2.75) is 51.5 Å². The molecule has 0 aromatic heterocycles. The van der Waals surface area contributed by atoms with Crippen LogP contribution in [0.1, 0.15) is 57.1 Å². The number of likely N-dealkylation sites (tertiary alicyclic amines) is 1. The third-order valence-corrected chi connectivity index (χ3v) is 5.05. The number of carbonyl (C=O) groups is 2. The van der Waals surface area contributed by atoms with Crippen LogP contribution < -0.4 is 5.73 Å². The van der Waals surface area contributed by atoms with Crippen LogP contribution in [0, 0.1) is 5.41 Å². The number of rotatable bonds is 2. The molecule has 1 aliphatic carbocycles. The van der Waals surface area contributed by atoms with E-state index in [0.29, 0.717) is 12.1 Å². The highest BCUT2D eigenvalue weighted by Gasteiger charge is 2.52. The van der Waals surface area contributed by atoms with Crippen molar-refractivity contribution in [1.82, 2.24) is 4.90 Å². The second-order valence-corrected chi connectivity index (χ2v) is 6.43. The summed E-state index contributed by atoms with van der Waals surface area (Å²) in [4.78, 5) is 26.8. The molecule has 112 valence electrons. The topological polar surface area (TPSA) is 63.4 Å². The zero-order valence-corrected chi connectivity index (χ0v) is 12.5. The van der Waals surface area contributed by atoms with E-state index in [9.17, 15) is 9.59 Å². The van der Waals surface area contributed by atoms with E-state index >= 15 is 0 Å². The van der Waals surface area contributed by atoms with Crippen LogP contribution in [0.4, 0.5) is 5.69 Å². The first-order valence-corrected chi connectivity index (χ1v) is 7.75. The third-order valence-electron chi connectivity index (χ3n) is 5.05. The molecule has 2 aliphatic rings. The van der Waals surface area contributed by atoms with Gasteiger partial charge >= 0.3 is 0 Å². The fourth-order valence-electron chi connectivity index (χ4n) is 3.75. The van der Waals surface area contributed by atoms with Gasteiger partial charge in [-0.25, -0.2) is 0 Å². The fourth-order valence-corrected chi connectivity index (χ4v) is 3.75. The van der Waals surface area contributed by atoms with E-state index in [0.717, 1.165) is 31.2 Å². The third kappa shape index (κ3) is 2.33. The first kappa shape index (κ1) is 14.1. The Morgan fingerprint density at radius 3 is 2.33 bits per heavy atom. The lowest BCUT2D eigenvalue weighted by molar-refractivity contribution is -0.144. The van der Waals surface area contributed by atoms with Crippen LogP contribution >= 0.6 is 0 Å². The van der Waals surface area contributed by atoms with E-state index < -0.39 is 5.41 Å². The van der Waals surface area contributed by atoms with Gasteiger partial charge in [0, 0.05) is 12.1 Å². The minimum atomic E-state index is -0.405. The molecule has 1 aromatic carbocycles. The Bertz CT molecular complexity index is 559. The largest absolute Gasteiger partial charge is 0.399 e. The summed E-state index contributed by atoms with van der Waals surface area (Å²) in [6.45, 7) is 1.92. The van der Waals surface area contributed by atoms with Gasteiger partial charge in [0.2, 0.25) is 11.8 Å². The van der Waals surface area contributed by atoms with E-state index in [1.54, 1.807) is 0 Å². The quantitative estimate of drug-likeness (QED) is 0.671. The second-order valence-electron chi connectivity index (χ2n) is 6.43. The molecule has 0 bridgehead atoms. The van der Waals surface area contributed by atoms with Gasteiger partial charge < -0.3 is 5.73 Å². The van der Waals surface area contributed by atoms with Crippen LogP contribution in [0.25, 0.3) is 0 Å². The van der Waals surface area contributed by atoms with Crippen LogP contribution in [0.5, 0.6) is 0 Å². The first-order valence-electron chi connectivity index (χ1n) is 7.75. The molecule has 2 N–H and O–H groups in total. The molecular formula is C17H22N2O2. The lowest BCUT2D eigenvalue weighted by Crippen LogP contribution is -2.38. The second kappa shape index (κ2) is 5.17. The highest BCUT2D eigenvalue weighted by Crippen LogP contribution is 2.47. The number of anilines is 1. The van der Waals surface area contributed by atoms with Crippen LogP contribution in [-0.2, 0) is 9.59 Å². The van der Waals surface area contributed by atoms with Crippen LogP contribution in [-0.4, -0.2) is 16.7 Å². The molecule has 1 saturated carbocycles. The summed E-state index contributed by atoms with van der Waals surface area (Å²) in [6.07, 6.45) is 5.42. The zero-order valence-electron chi connectivity index (χ0n) is 12.5. The Morgan fingerprint density at radius 2 is 1.71 bits per heavy atom. The van der Waals surface area contributed by atoms with Crippen LogP contribution in [0.15, 0.2) is 24.3 Å². The number of nitrogen functional groups attached to an aromatic ring is 1. The smallest absolute Gasteiger partial charge is 0.236 e. The van der Waals surface area contributed by atoms with Gasteiger partial charge in [0.05, 0.1) is 11.5 Å². The lowest BCUT2D eigenvalue weighted by atomic mass is 9.73. The maximum Gasteiger partial charge on any atom is 0.236 e. The molecule has 1 spiro atoms. The normalized spacial score (nSPS) is 22.8. The van der Waals surface area contributed by atoms with Gasteiger partial charge in [-0.3, -0.25) is 14.5 Å². The summed E-state index contributed by atoms with van der Waals surface area (Å²) in [7, 11) is 0. The van der Waals surface area contributed by atoms with Gasteiger partial charge in [-0.05, 0) is 37.5 Å². The number of nitrogens with two attached hydrogens (primary N) is 1. The molecule has 1 atom stereocenters. The van der Waals surface area contributed by atoms with Crippen molar-refractivity contribution in [2.75, 3.05) is 5.73 Å². The summed E-state index contributed by atoms with van der Waals surface area (Å²) in [5.41, 5.74) is 6.94. The van der Waals surface area contributed by atoms with Crippen LogP contribution in [0.2, 0.25) is 0 Å². The number of nitrogens with zero attached hydrogens (tertiary/aromatic N) is 1. The number of carbonyl (C=O) groups excluding carboxylic acids is 2. The van der Waals surface area contributed by atoms with Crippen molar-refractivity contribution in [2.24, 2.45) is 5.41 Å². The minimum absolute atomic E-state index is 0.0220. The average Bonchev–Trinajstić information content (AvgIpc) is 2.71. The molecular weight excluding hydrogens is 264 g/mol. The molecule has 1 aliphatic heterocycles. The van der Waals surface area contributed by atoms with Gasteiger partial charge in [-0.15, -0.1) is 0 Å². The van der Waals surface area contributed by atoms with E-state index in [2.05, 4.69) is 0 Å². The maximum atomic E-state index is 12.9. The first-order chi connectivity index (χ1) is 10.0. The highest BCUT2D eigenvalue weighted by molar-refractivity contribution is 6.06. The van der Waals surface area contributed by atoms with Gasteiger partial charge in [-0.2, -0.15) is 0 Å². The molecule has 4 heteroatoms. The molecule has 0 radical (unpaired) electrons. The molecule has 2 amide bonds. The summed E-state index contributed by atoms with van der Waals surface area (Å²) < 4.78 is 0. The lowest BCUT2D eigenvalue weighted by Gasteiger charge is -2.32. The highest BCUT2D eigenvalue weighted by atomic mass is 16.2. The SMILES string of the molecule is CC(c1ccc(N)cc1)N1C(=O)CC2(CCCCC2)C1=O. The monoisotopic (exact) mass is 286 g/mol. The molecule has 4 nitrogen and oxygen atoms in total. The predicted molar refractivity (Wildman–Crippen MR) is 81.3 cm³/mol. The predicted octanol–water partition coefficient (Wildman–Crippen LogP) is 3.04.